The van der Waals surface area contributed by atoms with Gasteiger partial charge in [0.25, 0.3) is 0 Å². The number of carbonyl (C=O) groups is 2. The maximum Gasteiger partial charge on any atom is 0.329 e. The zero-order chi connectivity index (χ0) is 16.4. The summed E-state index contributed by atoms with van der Waals surface area (Å²) in [5.74, 6) is -1.02. The van der Waals surface area contributed by atoms with Crippen molar-refractivity contribution in [2.75, 3.05) is 18.5 Å². The van der Waals surface area contributed by atoms with E-state index in [1.807, 2.05) is 32.0 Å². The van der Waals surface area contributed by atoms with Gasteiger partial charge in [-0.3, -0.25) is 4.90 Å². The van der Waals surface area contributed by atoms with Crippen LogP contribution in [0.25, 0.3) is 0 Å². The molecule has 0 saturated heterocycles. The molecule has 0 aliphatic carbocycles. The van der Waals surface area contributed by atoms with Crippen LogP contribution in [-0.4, -0.2) is 41.1 Å². The minimum atomic E-state index is -1.25. The predicted molar refractivity (Wildman–Crippen MR) is 83.8 cm³/mol. The molecular formula is C16H24N2O3. The first-order chi connectivity index (χ1) is 9.62. The van der Waals surface area contributed by atoms with Gasteiger partial charge in [-0.2, -0.15) is 0 Å². The van der Waals surface area contributed by atoms with Gasteiger partial charge in [-0.1, -0.05) is 17.7 Å². The molecule has 0 heterocycles. The summed E-state index contributed by atoms with van der Waals surface area (Å²) in [4.78, 5) is 26.9. The molecule has 0 radical (unpaired) electrons. The van der Waals surface area contributed by atoms with Gasteiger partial charge in [-0.25, -0.2) is 9.59 Å². The lowest BCUT2D eigenvalue weighted by Crippen LogP contribution is -2.56. The summed E-state index contributed by atoms with van der Waals surface area (Å²) >= 11 is 0. The van der Waals surface area contributed by atoms with E-state index in [0.29, 0.717) is 6.54 Å². The number of benzene rings is 1. The molecule has 21 heavy (non-hydrogen) atoms. The normalized spacial score (nSPS) is 11.1. The Labute approximate surface area is 126 Å². The molecule has 0 bridgehead atoms. The molecule has 0 atom stereocenters. The standard InChI is InChI=1S/C16H24N2O3/c1-7-18(16(4,5)14(19)20)15(21)17(6)13-9-8-11(2)10-12(13)3/h8-10H,7H2,1-6H3,(H,19,20). The second-order valence-corrected chi connectivity index (χ2v) is 5.74. The zero-order valence-corrected chi connectivity index (χ0v) is 13.6. The average molecular weight is 292 g/mol. The van der Waals surface area contributed by atoms with E-state index in [1.165, 1.54) is 23.6 Å². The molecule has 5 heteroatoms. The third-order valence-corrected chi connectivity index (χ3v) is 3.75. The molecule has 2 amide bonds. The number of carboxylic acids is 1. The molecular weight excluding hydrogens is 268 g/mol. The number of aryl methyl sites for hydroxylation is 2. The molecule has 1 aromatic carbocycles. The molecule has 0 aliphatic heterocycles. The average Bonchev–Trinajstić information content (AvgIpc) is 2.38. The Morgan fingerprint density at radius 2 is 1.81 bits per heavy atom. The van der Waals surface area contributed by atoms with Crippen LogP contribution in [0.1, 0.15) is 31.9 Å². The number of likely N-dealkylation sites (N-methyl/N-ethyl adjacent to an activating group) is 1. The fourth-order valence-corrected chi connectivity index (χ4v) is 2.35. The van der Waals surface area contributed by atoms with E-state index in [9.17, 15) is 14.7 Å². The Bertz CT molecular complexity index is 552. The molecule has 0 aromatic heterocycles. The Morgan fingerprint density at radius 1 is 1.24 bits per heavy atom. The van der Waals surface area contributed by atoms with Gasteiger partial charge in [0.05, 0.1) is 0 Å². The highest BCUT2D eigenvalue weighted by Gasteiger charge is 2.38. The largest absolute Gasteiger partial charge is 0.480 e. The lowest BCUT2D eigenvalue weighted by atomic mass is 10.0. The summed E-state index contributed by atoms with van der Waals surface area (Å²) in [6.45, 7) is 9.10. The fraction of sp³-hybridized carbons (Fsp3) is 0.500. The van der Waals surface area contributed by atoms with Crippen molar-refractivity contribution in [2.45, 2.75) is 40.2 Å². The highest BCUT2D eigenvalue weighted by molar-refractivity contribution is 5.95. The second kappa shape index (κ2) is 6.16. The summed E-state index contributed by atoms with van der Waals surface area (Å²) in [5.41, 5.74) is 1.63. The molecule has 0 unspecified atom stereocenters. The quantitative estimate of drug-likeness (QED) is 0.927. The summed E-state index contributed by atoms with van der Waals surface area (Å²) < 4.78 is 0. The monoisotopic (exact) mass is 292 g/mol. The van der Waals surface area contributed by atoms with Crippen LogP contribution in [0.4, 0.5) is 10.5 Å². The number of hydrogen-bond donors (Lipinski definition) is 1. The minimum Gasteiger partial charge on any atom is -0.480 e. The van der Waals surface area contributed by atoms with E-state index < -0.39 is 11.5 Å². The van der Waals surface area contributed by atoms with Crippen LogP contribution in [0.15, 0.2) is 18.2 Å². The molecule has 5 nitrogen and oxygen atoms in total. The maximum absolute atomic E-state index is 12.7. The number of carbonyl (C=O) groups excluding carboxylic acids is 1. The van der Waals surface area contributed by atoms with Crippen molar-refractivity contribution in [3.8, 4) is 0 Å². The zero-order valence-electron chi connectivity index (χ0n) is 13.6. The van der Waals surface area contributed by atoms with Gasteiger partial charge in [0.15, 0.2) is 0 Å². The van der Waals surface area contributed by atoms with Gasteiger partial charge in [0, 0.05) is 19.3 Å². The third kappa shape index (κ3) is 3.35. The van der Waals surface area contributed by atoms with Gasteiger partial charge in [-0.15, -0.1) is 0 Å². The van der Waals surface area contributed by atoms with E-state index in [4.69, 9.17) is 0 Å². The Morgan fingerprint density at radius 3 is 2.24 bits per heavy atom. The highest BCUT2D eigenvalue weighted by atomic mass is 16.4. The third-order valence-electron chi connectivity index (χ3n) is 3.75. The first kappa shape index (κ1) is 17.0. The number of urea groups is 1. The summed E-state index contributed by atoms with van der Waals surface area (Å²) in [7, 11) is 1.67. The van der Waals surface area contributed by atoms with E-state index in [-0.39, 0.29) is 6.03 Å². The molecule has 1 N–H and O–H groups in total. The number of amides is 2. The summed E-state index contributed by atoms with van der Waals surface area (Å²) in [5, 5.41) is 9.32. The Balaban J connectivity index is 3.13. The van der Waals surface area contributed by atoms with Gasteiger partial charge in [0.1, 0.15) is 5.54 Å². The van der Waals surface area contributed by atoms with Crippen LogP contribution < -0.4 is 4.90 Å². The number of nitrogens with zero attached hydrogens (tertiary/aromatic N) is 2. The van der Waals surface area contributed by atoms with Gasteiger partial charge in [0.2, 0.25) is 0 Å². The van der Waals surface area contributed by atoms with Crippen LogP contribution in [0, 0.1) is 13.8 Å². The molecule has 0 saturated carbocycles. The van der Waals surface area contributed by atoms with Crippen molar-refractivity contribution >= 4 is 17.7 Å². The smallest absolute Gasteiger partial charge is 0.329 e. The number of aliphatic carboxylic acids is 1. The van der Waals surface area contributed by atoms with E-state index in [1.54, 1.807) is 14.0 Å². The summed E-state index contributed by atoms with van der Waals surface area (Å²) in [6, 6.07) is 5.49. The van der Waals surface area contributed by atoms with Crippen LogP contribution in [0.5, 0.6) is 0 Å². The molecule has 1 aromatic rings. The number of rotatable bonds is 4. The Hall–Kier alpha value is -2.04. The summed E-state index contributed by atoms with van der Waals surface area (Å²) in [6.07, 6.45) is 0. The van der Waals surface area contributed by atoms with Gasteiger partial charge < -0.3 is 10.0 Å². The first-order valence-electron chi connectivity index (χ1n) is 6.98. The molecule has 1 rings (SSSR count). The van der Waals surface area contributed by atoms with Crippen LogP contribution in [-0.2, 0) is 4.79 Å². The van der Waals surface area contributed by atoms with Crippen molar-refractivity contribution in [1.82, 2.24) is 4.90 Å². The van der Waals surface area contributed by atoms with E-state index >= 15 is 0 Å². The minimum absolute atomic E-state index is 0.322. The highest BCUT2D eigenvalue weighted by Crippen LogP contribution is 2.24. The number of hydrogen-bond acceptors (Lipinski definition) is 2. The van der Waals surface area contributed by atoms with Crippen molar-refractivity contribution in [3.05, 3.63) is 29.3 Å². The topological polar surface area (TPSA) is 60.9 Å². The fourth-order valence-electron chi connectivity index (χ4n) is 2.35. The van der Waals surface area contributed by atoms with Crippen molar-refractivity contribution < 1.29 is 14.7 Å². The van der Waals surface area contributed by atoms with Crippen LogP contribution >= 0.6 is 0 Å². The molecule has 0 fully saturated rings. The van der Waals surface area contributed by atoms with E-state index in [0.717, 1.165) is 16.8 Å². The molecule has 116 valence electrons. The SMILES string of the molecule is CCN(C(=O)N(C)c1ccc(C)cc1C)C(C)(C)C(=O)O. The van der Waals surface area contributed by atoms with Crippen LogP contribution in [0.3, 0.4) is 0 Å². The Kier molecular flexibility index (Phi) is 4.99. The van der Waals surface area contributed by atoms with Crippen molar-refractivity contribution in [2.24, 2.45) is 0 Å². The second-order valence-electron chi connectivity index (χ2n) is 5.74. The lowest BCUT2D eigenvalue weighted by molar-refractivity contribution is -0.147. The van der Waals surface area contributed by atoms with Gasteiger partial charge >= 0.3 is 12.0 Å². The molecule has 0 aliphatic rings. The van der Waals surface area contributed by atoms with Gasteiger partial charge in [-0.05, 0) is 46.2 Å². The number of carboxylic acid groups (broad SMARTS) is 1. The first-order valence-corrected chi connectivity index (χ1v) is 6.98. The lowest BCUT2D eigenvalue weighted by Gasteiger charge is -2.37. The van der Waals surface area contributed by atoms with Crippen molar-refractivity contribution in [3.63, 3.8) is 0 Å². The molecule has 0 spiro atoms. The maximum atomic E-state index is 12.7. The predicted octanol–water partition coefficient (Wildman–Crippen LogP) is 3.04. The van der Waals surface area contributed by atoms with Crippen molar-refractivity contribution in [1.29, 1.82) is 0 Å². The van der Waals surface area contributed by atoms with Crippen LogP contribution in [0.2, 0.25) is 0 Å². The van der Waals surface area contributed by atoms with E-state index in [2.05, 4.69) is 0 Å². The number of anilines is 1.